The van der Waals surface area contributed by atoms with Crippen LogP contribution in [-0.4, -0.2) is 37.4 Å². The van der Waals surface area contributed by atoms with Crippen LogP contribution in [0.1, 0.15) is 22.5 Å². The second-order valence-corrected chi connectivity index (χ2v) is 8.59. The molecule has 1 aliphatic carbocycles. The molecule has 1 unspecified atom stereocenters. The minimum absolute atomic E-state index is 0.0520. The van der Waals surface area contributed by atoms with E-state index in [1.165, 1.54) is 34.0 Å². The van der Waals surface area contributed by atoms with Gasteiger partial charge in [-0.2, -0.15) is 0 Å². The van der Waals surface area contributed by atoms with E-state index in [0.717, 1.165) is 4.47 Å². The normalized spacial score (nSPS) is 17.9. The first-order chi connectivity index (χ1) is 15.8. The smallest absolute Gasteiger partial charge is 0.347 e. The Morgan fingerprint density at radius 2 is 2.03 bits per heavy atom. The molecule has 1 aliphatic heterocycles. The van der Waals surface area contributed by atoms with Crippen LogP contribution in [0.5, 0.6) is 0 Å². The lowest BCUT2D eigenvalue weighted by molar-refractivity contribution is -0.140. The highest BCUT2D eigenvalue weighted by Gasteiger charge is 2.44. The number of aromatic nitrogens is 3. The van der Waals surface area contributed by atoms with Crippen molar-refractivity contribution in [3.63, 3.8) is 0 Å². The van der Waals surface area contributed by atoms with Gasteiger partial charge in [0.1, 0.15) is 29.2 Å². The Kier molecular flexibility index (Phi) is 5.12. The fourth-order valence-electron chi connectivity index (χ4n) is 3.89. The predicted molar refractivity (Wildman–Crippen MR) is 115 cm³/mol. The van der Waals surface area contributed by atoms with Gasteiger partial charge in [0.05, 0.1) is 18.7 Å². The number of benzene rings is 1. The summed E-state index contributed by atoms with van der Waals surface area (Å²) in [4.78, 5) is 50.7. The topological polar surface area (TPSA) is 115 Å². The molecule has 5 rings (SSSR count). The van der Waals surface area contributed by atoms with E-state index in [0.29, 0.717) is 22.4 Å². The van der Waals surface area contributed by atoms with Gasteiger partial charge in [0.25, 0.3) is 5.91 Å². The van der Waals surface area contributed by atoms with Crippen molar-refractivity contribution < 1.29 is 23.2 Å². The molecule has 11 heteroatoms. The van der Waals surface area contributed by atoms with Gasteiger partial charge in [0.2, 0.25) is 5.78 Å². The molecule has 166 valence electrons. The summed E-state index contributed by atoms with van der Waals surface area (Å²) in [6, 6.07) is 6.58. The number of carbonyl (C=O) groups excluding carboxylic acids is 3. The molecule has 0 N–H and O–H groups in total. The van der Waals surface area contributed by atoms with Crippen molar-refractivity contribution in [1.29, 1.82) is 0 Å². The summed E-state index contributed by atoms with van der Waals surface area (Å²) < 4.78 is 20.7. The van der Waals surface area contributed by atoms with Crippen molar-refractivity contribution in [3.8, 4) is 0 Å². The molecule has 33 heavy (non-hydrogen) atoms. The molecule has 0 spiro atoms. The van der Waals surface area contributed by atoms with Crippen molar-refractivity contribution in [2.24, 2.45) is 5.92 Å². The molecule has 1 saturated heterocycles. The van der Waals surface area contributed by atoms with Crippen LogP contribution in [0.15, 0.2) is 67.8 Å². The molecule has 0 radical (unpaired) electrons. The zero-order valence-electron chi connectivity index (χ0n) is 16.8. The zero-order chi connectivity index (χ0) is 23.3. The van der Waals surface area contributed by atoms with Crippen molar-refractivity contribution in [3.05, 3.63) is 80.3 Å². The number of nitrogens with zero attached hydrogens (tertiary/aromatic N) is 4. The molecule has 0 saturated carbocycles. The molecule has 1 fully saturated rings. The van der Waals surface area contributed by atoms with Gasteiger partial charge in [0.15, 0.2) is 5.78 Å². The molecular weight excluding hydrogens is 499 g/mol. The third kappa shape index (κ3) is 3.84. The van der Waals surface area contributed by atoms with Crippen LogP contribution in [0.2, 0.25) is 0 Å². The number of ketones is 2. The summed E-state index contributed by atoms with van der Waals surface area (Å²) in [6.45, 7) is -0.324. The number of allylic oxidation sites excluding steroid dienone is 4. The largest absolute Gasteiger partial charge is 0.422 e. The number of amides is 1. The first-order valence-corrected chi connectivity index (χ1v) is 10.7. The standard InChI is InChI=1S/C22H14BrFN4O5/c23-12-2-1-11-5-16(22(32)33-19(11)6-12)18(29)10-27-8-14(25-26-27)9-28-17-4-3-13(24)7-15(17)20(30)21(28)31/h1-6,8,15H,7,9-10H2. The second-order valence-electron chi connectivity index (χ2n) is 7.68. The Labute approximate surface area is 193 Å². The number of Topliss-reactive ketones (excluding diaryl/α,β-unsaturated/α-hetero) is 2. The fraction of sp³-hybridized carbons (Fsp3) is 0.182. The molecule has 1 aromatic carbocycles. The van der Waals surface area contributed by atoms with Gasteiger partial charge in [-0.15, -0.1) is 5.10 Å². The van der Waals surface area contributed by atoms with Crippen LogP contribution in [-0.2, 0) is 22.7 Å². The molecule has 9 nitrogen and oxygen atoms in total. The van der Waals surface area contributed by atoms with E-state index in [9.17, 15) is 23.6 Å². The highest BCUT2D eigenvalue weighted by atomic mass is 79.9. The molecule has 1 atom stereocenters. The number of likely N-dealkylation sites (tertiary alicyclic amines) is 1. The molecule has 2 aromatic heterocycles. The SMILES string of the molecule is O=C(Cn1cc(CN2C(=O)C(=O)C3CC(F)=CC=C32)nn1)c1cc2ccc(Br)cc2oc1=O. The van der Waals surface area contributed by atoms with E-state index >= 15 is 0 Å². The predicted octanol–water partition coefficient (Wildman–Crippen LogP) is 2.70. The van der Waals surface area contributed by atoms with Crippen LogP contribution in [0, 0.1) is 5.92 Å². The zero-order valence-corrected chi connectivity index (χ0v) is 18.4. The van der Waals surface area contributed by atoms with E-state index in [4.69, 9.17) is 4.42 Å². The maximum atomic E-state index is 13.5. The monoisotopic (exact) mass is 512 g/mol. The summed E-state index contributed by atoms with van der Waals surface area (Å²) in [5, 5.41) is 8.43. The third-order valence-corrected chi connectivity index (χ3v) is 5.98. The van der Waals surface area contributed by atoms with Gasteiger partial charge in [-0.1, -0.05) is 27.2 Å². The van der Waals surface area contributed by atoms with Crippen molar-refractivity contribution in [2.75, 3.05) is 0 Å². The molecule has 1 amide bonds. The van der Waals surface area contributed by atoms with E-state index in [-0.39, 0.29) is 25.1 Å². The second kappa shape index (κ2) is 8.00. The Hall–Kier alpha value is -3.73. The van der Waals surface area contributed by atoms with Crippen LogP contribution in [0.25, 0.3) is 11.0 Å². The third-order valence-electron chi connectivity index (χ3n) is 5.49. The van der Waals surface area contributed by atoms with Crippen molar-refractivity contribution >= 4 is 44.4 Å². The fourth-order valence-corrected chi connectivity index (χ4v) is 4.23. The lowest BCUT2D eigenvalue weighted by Crippen LogP contribution is -2.26. The summed E-state index contributed by atoms with van der Waals surface area (Å²) in [7, 11) is 0. The quantitative estimate of drug-likeness (QED) is 0.293. The van der Waals surface area contributed by atoms with Gasteiger partial charge >= 0.3 is 5.63 Å². The van der Waals surface area contributed by atoms with Gasteiger partial charge in [-0.05, 0) is 30.4 Å². The minimum Gasteiger partial charge on any atom is -0.422 e. The van der Waals surface area contributed by atoms with E-state index in [1.807, 2.05) is 0 Å². The molecule has 3 aromatic rings. The Balaban J connectivity index is 1.34. The summed E-state index contributed by atoms with van der Waals surface area (Å²) in [6.07, 6.45) is 3.95. The van der Waals surface area contributed by atoms with Crippen molar-refractivity contribution in [2.45, 2.75) is 19.5 Å². The Bertz CT molecular complexity index is 1470. The van der Waals surface area contributed by atoms with Crippen LogP contribution >= 0.6 is 15.9 Å². The maximum absolute atomic E-state index is 13.5. The average molecular weight is 513 g/mol. The minimum atomic E-state index is -0.827. The van der Waals surface area contributed by atoms with Gasteiger partial charge < -0.3 is 9.32 Å². The number of hydrogen-bond acceptors (Lipinski definition) is 7. The highest BCUT2D eigenvalue weighted by Crippen LogP contribution is 2.35. The Morgan fingerprint density at radius 3 is 2.85 bits per heavy atom. The van der Waals surface area contributed by atoms with Gasteiger partial charge in [-0.3, -0.25) is 14.4 Å². The number of carbonyl (C=O) groups is 3. The first kappa shape index (κ1) is 21.1. The average Bonchev–Trinajstić information content (AvgIpc) is 3.31. The lowest BCUT2D eigenvalue weighted by atomic mass is 9.95. The summed E-state index contributed by atoms with van der Waals surface area (Å²) in [5.41, 5.74) is 0.214. The summed E-state index contributed by atoms with van der Waals surface area (Å²) >= 11 is 3.30. The molecule has 2 aliphatic rings. The molecule has 3 heterocycles. The molecular formula is C22H14BrFN4O5. The maximum Gasteiger partial charge on any atom is 0.347 e. The number of hydrogen-bond donors (Lipinski definition) is 0. The van der Waals surface area contributed by atoms with Crippen LogP contribution in [0.4, 0.5) is 4.39 Å². The number of fused-ring (bicyclic) bond motifs is 2. The summed E-state index contributed by atoms with van der Waals surface area (Å²) in [5.74, 6) is -3.20. The van der Waals surface area contributed by atoms with Gasteiger partial charge in [-0.25, -0.2) is 13.9 Å². The number of halogens is 2. The van der Waals surface area contributed by atoms with Crippen LogP contribution in [0.3, 0.4) is 0 Å². The lowest BCUT2D eigenvalue weighted by Gasteiger charge is -2.19. The van der Waals surface area contributed by atoms with Crippen molar-refractivity contribution in [1.82, 2.24) is 19.9 Å². The van der Waals surface area contributed by atoms with E-state index < -0.39 is 34.8 Å². The number of rotatable bonds is 5. The van der Waals surface area contributed by atoms with E-state index in [2.05, 4.69) is 26.2 Å². The Morgan fingerprint density at radius 1 is 1.21 bits per heavy atom. The van der Waals surface area contributed by atoms with Crippen LogP contribution < -0.4 is 5.63 Å². The van der Waals surface area contributed by atoms with Gasteiger partial charge in [0, 0.05) is 22.0 Å². The van der Waals surface area contributed by atoms with E-state index in [1.54, 1.807) is 18.2 Å². The first-order valence-electron chi connectivity index (χ1n) is 9.88. The molecule has 0 bridgehead atoms. The highest BCUT2D eigenvalue weighted by molar-refractivity contribution is 9.10.